The number of rotatable bonds is 8. The van der Waals surface area contributed by atoms with Crippen molar-refractivity contribution < 1.29 is 28.6 Å². The zero-order chi connectivity index (χ0) is 27.4. The topological polar surface area (TPSA) is 94.2 Å². The molecule has 0 unspecified atom stereocenters. The Morgan fingerprint density at radius 1 is 1.03 bits per heavy atom. The standard InChI is InChI=1S/C28H24BrClN2O6/c1-16(2)38-25-23(29)13-18(14-24(25)36-3)12-22-26(33)31-28(35)32(27(22)34)20-8-10-21(11-9-20)37-15-17-4-6-19(30)7-5-17/h4-14,16H,15H2,1-3H3,(H,31,33,35)/b22-12+. The Hall–Kier alpha value is -3.82. The summed E-state index contributed by atoms with van der Waals surface area (Å²) >= 11 is 9.36. The molecule has 1 aliphatic rings. The molecule has 38 heavy (non-hydrogen) atoms. The van der Waals surface area contributed by atoms with Crippen molar-refractivity contribution in [1.82, 2.24) is 5.32 Å². The maximum Gasteiger partial charge on any atom is 0.335 e. The number of barbiturate groups is 1. The Labute approximate surface area is 233 Å². The molecular formula is C28H24BrClN2O6. The molecule has 8 nitrogen and oxygen atoms in total. The van der Waals surface area contributed by atoms with Crippen LogP contribution >= 0.6 is 27.5 Å². The van der Waals surface area contributed by atoms with Crippen molar-refractivity contribution >= 4 is 57.1 Å². The third-order valence-electron chi connectivity index (χ3n) is 5.43. The number of nitrogens with one attached hydrogen (secondary N) is 1. The number of carbonyl (C=O) groups excluding carboxylic acids is 3. The number of methoxy groups -OCH3 is 1. The minimum atomic E-state index is -0.841. The fourth-order valence-corrected chi connectivity index (χ4v) is 4.35. The van der Waals surface area contributed by atoms with E-state index < -0.39 is 17.8 Å². The normalized spacial score (nSPS) is 14.6. The van der Waals surface area contributed by atoms with Gasteiger partial charge >= 0.3 is 6.03 Å². The van der Waals surface area contributed by atoms with Crippen LogP contribution in [0.5, 0.6) is 17.2 Å². The van der Waals surface area contributed by atoms with Crippen LogP contribution in [0.2, 0.25) is 5.02 Å². The summed E-state index contributed by atoms with van der Waals surface area (Å²) in [7, 11) is 1.49. The van der Waals surface area contributed by atoms with Crippen molar-refractivity contribution in [1.29, 1.82) is 0 Å². The van der Waals surface area contributed by atoms with E-state index in [9.17, 15) is 14.4 Å². The van der Waals surface area contributed by atoms with Gasteiger partial charge in [0.25, 0.3) is 11.8 Å². The summed E-state index contributed by atoms with van der Waals surface area (Å²) in [6.45, 7) is 4.09. The molecule has 1 heterocycles. The van der Waals surface area contributed by atoms with Gasteiger partial charge in [0.2, 0.25) is 0 Å². The number of halogens is 2. The number of ether oxygens (including phenoxy) is 3. The number of carbonyl (C=O) groups is 3. The molecular weight excluding hydrogens is 576 g/mol. The number of anilines is 1. The second kappa shape index (κ2) is 11.7. The first-order valence-electron chi connectivity index (χ1n) is 11.6. The summed E-state index contributed by atoms with van der Waals surface area (Å²) in [5, 5.41) is 2.86. The largest absolute Gasteiger partial charge is 0.493 e. The van der Waals surface area contributed by atoms with Crippen LogP contribution in [0.4, 0.5) is 10.5 Å². The fraction of sp³-hybridized carbons (Fsp3) is 0.179. The third-order valence-corrected chi connectivity index (χ3v) is 6.27. The molecule has 0 aromatic heterocycles. The van der Waals surface area contributed by atoms with Gasteiger partial charge in [-0.05, 0) is 95.5 Å². The summed E-state index contributed by atoms with van der Waals surface area (Å²) in [6.07, 6.45) is 1.30. The van der Waals surface area contributed by atoms with Crippen molar-refractivity contribution in [2.75, 3.05) is 12.0 Å². The van der Waals surface area contributed by atoms with Crippen LogP contribution in [-0.2, 0) is 16.2 Å². The van der Waals surface area contributed by atoms with Gasteiger partial charge in [-0.15, -0.1) is 0 Å². The van der Waals surface area contributed by atoms with Crippen molar-refractivity contribution in [3.63, 3.8) is 0 Å². The van der Waals surface area contributed by atoms with Crippen molar-refractivity contribution in [2.45, 2.75) is 26.6 Å². The van der Waals surface area contributed by atoms with Crippen molar-refractivity contribution in [3.8, 4) is 17.2 Å². The average Bonchev–Trinajstić information content (AvgIpc) is 2.88. The molecule has 3 aromatic carbocycles. The van der Waals surface area contributed by atoms with Crippen LogP contribution < -0.4 is 24.4 Å². The van der Waals surface area contributed by atoms with E-state index in [0.29, 0.717) is 38.9 Å². The first-order valence-corrected chi connectivity index (χ1v) is 12.8. The number of urea groups is 1. The number of hydrogen-bond acceptors (Lipinski definition) is 6. The highest BCUT2D eigenvalue weighted by atomic mass is 79.9. The van der Waals surface area contributed by atoms with Gasteiger partial charge in [0.15, 0.2) is 11.5 Å². The van der Waals surface area contributed by atoms with Crippen molar-refractivity contribution in [3.05, 3.63) is 86.9 Å². The van der Waals surface area contributed by atoms with Gasteiger partial charge in [-0.25, -0.2) is 9.69 Å². The van der Waals surface area contributed by atoms with Crippen LogP contribution in [0.3, 0.4) is 0 Å². The monoisotopic (exact) mass is 598 g/mol. The minimum Gasteiger partial charge on any atom is -0.493 e. The lowest BCUT2D eigenvalue weighted by atomic mass is 10.1. The second-order valence-corrected chi connectivity index (χ2v) is 9.86. The molecule has 0 radical (unpaired) electrons. The summed E-state index contributed by atoms with van der Waals surface area (Å²) in [5.41, 5.74) is 1.51. The van der Waals surface area contributed by atoms with E-state index in [-0.39, 0.29) is 17.4 Å². The molecule has 1 aliphatic heterocycles. The van der Waals surface area contributed by atoms with Gasteiger partial charge in [-0.1, -0.05) is 23.7 Å². The van der Waals surface area contributed by atoms with Crippen LogP contribution in [0.25, 0.3) is 6.08 Å². The molecule has 1 N–H and O–H groups in total. The van der Waals surface area contributed by atoms with Crippen LogP contribution in [-0.4, -0.2) is 31.1 Å². The summed E-state index contributed by atoms with van der Waals surface area (Å²) < 4.78 is 17.6. The number of imide groups is 2. The highest BCUT2D eigenvalue weighted by molar-refractivity contribution is 9.10. The van der Waals surface area contributed by atoms with Gasteiger partial charge in [-0.3, -0.25) is 14.9 Å². The highest BCUT2D eigenvalue weighted by Gasteiger charge is 2.37. The first kappa shape index (κ1) is 27.2. The summed E-state index contributed by atoms with van der Waals surface area (Å²) in [5.74, 6) is -0.0889. The van der Waals surface area contributed by atoms with E-state index in [4.69, 9.17) is 25.8 Å². The number of amides is 4. The summed E-state index contributed by atoms with van der Waals surface area (Å²) in [4.78, 5) is 39.4. The van der Waals surface area contributed by atoms with E-state index in [2.05, 4.69) is 21.2 Å². The number of nitrogens with zero attached hydrogens (tertiary/aromatic N) is 1. The Morgan fingerprint density at radius 3 is 2.34 bits per heavy atom. The zero-order valence-corrected chi connectivity index (χ0v) is 23.1. The van der Waals surface area contributed by atoms with Gasteiger partial charge in [-0.2, -0.15) is 0 Å². The number of hydrogen-bond donors (Lipinski definition) is 1. The lowest BCUT2D eigenvalue weighted by Crippen LogP contribution is -2.54. The molecule has 10 heteroatoms. The van der Waals surface area contributed by atoms with Crippen molar-refractivity contribution in [2.24, 2.45) is 0 Å². The molecule has 0 aliphatic carbocycles. The molecule has 3 aromatic rings. The maximum absolute atomic E-state index is 13.3. The highest BCUT2D eigenvalue weighted by Crippen LogP contribution is 2.38. The van der Waals surface area contributed by atoms with E-state index >= 15 is 0 Å². The van der Waals surface area contributed by atoms with E-state index in [1.165, 1.54) is 13.2 Å². The average molecular weight is 600 g/mol. The van der Waals surface area contributed by atoms with E-state index in [0.717, 1.165) is 10.5 Å². The molecule has 0 saturated carbocycles. The van der Waals surface area contributed by atoms with Crippen LogP contribution in [0.1, 0.15) is 25.0 Å². The second-order valence-electron chi connectivity index (χ2n) is 8.57. The lowest BCUT2D eigenvalue weighted by Gasteiger charge is -2.26. The smallest absolute Gasteiger partial charge is 0.335 e. The molecule has 0 atom stereocenters. The molecule has 0 bridgehead atoms. The minimum absolute atomic E-state index is 0.0936. The predicted molar refractivity (Wildman–Crippen MR) is 148 cm³/mol. The predicted octanol–water partition coefficient (Wildman–Crippen LogP) is 6.14. The first-order chi connectivity index (χ1) is 18.2. The van der Waals surface area contributed by atoms with Crippen LogP contribution in [0, 0.1) is 0 Å². The summed E-state index contributed by atoms with van der Waals surface area (Å²) in [6, 6.07) is 16.2. The Bertz CT molecular complexity index is 1400. The fourth-order valence-electron chi connectivity index (χ4n) is 3.67. The molecule has 0 spiro atoms. The zero-order valence-electron chi connectivity index (χ0n) is 20.8. The molecule has 4 amide bonds. The van der Waals surface area contributed by atoms with Gasteiger partial charge < -0.3 is 14.2 Å². The Morgan fingerprint density at radius 2 is 1.71 bits per heavy atom. The van der Waals surface area contributed by atoms with E-state index in [1.54, 1.807) is 48.5 Å². The molecule has 1 saturated heterocycles. The Balaban J connectivity index is 1.56. The van der Waals surface area contributed by atoms with Gasteiger partial charge in [0, 0.05) is 5.02 Å². The van der Waals surface area contributed by atoms with E-state index in [1.807, 2.05) is 26.0 Å². The maximum atomic E-state index is 13.3. The van der Waals surface area contributed by atoms with Gasteiger partial charge in [0.05, 0.1) is 23.4 Å². The SMILES string of the molecule is COc1cc(/C=C2\C(=O)NC(=O)N(c3ccc(OCc4ccc(Cl)cc4)cc3)C2=O)cc(Br)c1OC(C)C. The number of benzene rings is 3. The lowest BCUT2D eigenvalue weighted by molar-refractivity contribution is -0.122. The van der Waals surface area contributed by atoms with Crippen LogP contribution in [0.15, 0.2) is 70.7 Å². The third kappa shape index (κ3) is 6.17. The molecule has 4 rings (SSSR count). The van der Waals surface area contributed by atoms with Gasteiger partial charge in [0.1, 0.15) is 17.9 Å². The molecule has 196 valence electrons. The molecule has 1 fully saturated rings. The Kier molecular flexibility index (Phi) is 8.38. The quantitative estimate of drug-likeness (QED) is 0.247.